The highest BCUT2D eigenvalue weighted by Crippen LogP contribution is 2.30. The number of piperidine rings is 1. The lowest BCUT2D eigenvalue weighted by Crippen LogP contribution is -2.32. The van der Waals surface area contributed by atoms with Crippen molar-refractivity contribution >= 4 is 5.69 Å². The Kier molecular flexibility index (Phi) is 3.05. The van der Waals surface area contributed by atoms with Crippen LogP contribution in [0, 0.1) is 6.92 Å². The molecular formula is C15H19N3. The van der Waals surface area contributed by atoms with E-state index in [0.717, 1.165) is 13.1 Å². The topological polar surface area (TPSA) is 31.9 Å². The third-order valence-electron chi connectivity index (χ3n) is 3.89. The first-order valence-corrected chi connectivity index (χ1v) is 6.63. The summed E-state index contributed by atoms with van der Waals surface area (Å²) in [5.41, 5.74) is 4.05. The van der Waals surface area contributed by atoms with Crippen molar-refractivity contribution in [2.45, 2.75) is 25.7 Å². The van der Waals surface area contributed by atoms with Crippen molar-refractivity contribution in [3.05, 3.63) is 47.8 Å². The van der Waals surface area contributed by atoms with Crippen molar-refractivity contribution in [3.63, 3.8) is 0 Å². The molecule has 18 heavy (non-hydrogen) atoms. The van der Waals surface area contributed by atoms with Crippen LogP contribution in [-0.4, -0.2) is 23.3 Å². The van der Waals surface area contributed by atoms with Crippen molar-refractivity contribution in [3.8, 4) is 0 Å². The van der Waals surface area contributed by atoms with Gasteiger partial charge in [-0.3, -0.25) is 5.10 Å². The van der Waals surface area contributed by atoms with E-state index < -0.39 is 0 Å². The number of rotatable bonds is 2. The Morgan fingerprint density at radius 3 is 2.50 bits per heavy atom. The molecule has 0 aliphatic carbocycles. The van der Waals surface area contributed by atoms with Crippen LogP contribution < -0.4 is 4.90 Å². The summed E-state index contributed by atoms with van der Waals surface area (Å²) in [6.45, 7) is 4.39. The fraction of sp³-hybridized carbons (Fsp3) is 0.400. The second kappa shape index (κ2) is 4.84. The normalized spacial score (nSPS) is 17.1. The molecule has 0 spiro atoms. The van der Waals surface area contributed by atoms with Gasteiger partial charge in [0, 0.05) is 19.3 Å². The van der Waals surface area contributed by atoms with Crippen molar-refractivity contribution in [1.29, 1.82) is 0 Å². The Bertz CT molecular complexity index is 479. The molecule has 0 unspecified atom stereocenters. The summed E-state index contributed by atoms with van der Waals surface area (Å²) >= 11 is 0. The first-order valence-electron chi connectivity index (χ1n) is 6.63. The molecule has 0 saturated carbocycles. The molecule has 2 heterocycles. The number of anilines is 1. The molecule has 0 bridgehead atoms. The molecule has 0 atom stereocenters. The van der Waals surface area contributed by atoms with Gasteiger partial charge in [-0.25, -0.2) is 0 Å². The summed E-state index contributed by atoms with van der Waals surface area (Å²) in [5, 5.41) is 6.90. The maximum absolute atomic E-state index is 4.02. The van der Waals surface area contributed by atoms with E-state index in [-0.39, 0.29) is 0 Å². The minimum Gasteiger partial charge on any atom is -0.369 e. The first-order chi connectivity index (χ1) is 8.83. The maximum atomic E-state index is 4.02. The Balaban J connectivity index is 1.65. The number of hydrogen-bond donors (Lipinski definition) is 1. The summed E-state index contributed by atoms with van der Waals surface area (Å²) in [4.78, 5) is 2.41. The summed E-state index contributed by atoms with van der Waals surface area (Å²) in [7, 11) is 0. The third-order valence-corrected chi connectivity index (χ3v) is 3.89. The molecule has 3 rings (SSSR count). The van der Waals surface area contributed by atoms with E-state index in [2.05, 4.69) is 46.3 Å². The minimum absolute atomic E-state index is 0.716. The third kappa shape index (κ3) is 2.26. The van der Waals surface area contributed by atoms with Crippen molar-refractivity contribution in [2.75, 3.05) is 18.0 Å². The van der Waals surface area contributed by atoms with Gasteiger partial charge in [-0.05, 0) is 31.2 Å². The van der Waals surface area contributed by atoms with E-state index in [1.54, 1.807) is 0 Å². The Morgan fingerprint density at radius 1 is 1.17 bits per heavy atom. The lowest BCUT2D eigenvalue weighted by Gasteiger charge is -2.32. The highest BCUT2D eigenvalue weighted by Gasteiger charge is 2.20. The maximum Gasteiger partial charge on any atom is 0.0749 e. The van der Waals surface area contributed by atoms with Gasteiger partial charge in [0.25, 0.3) is 0 Å². The SMILES string of the molecule is Cc1ccc(C2CCN(c3cn[nH]c3)CC2)cc1. The number of hydrogen-bond acceptors (Lipinski definition) is 2. The van der Waals surface area contributed by atoms with E-state index in [4.69, 9.17) is 0 Å². The Morgan fingerprint density at radius 2 is 1.89 bits per heavy atom. The largest absolute Gasteiger partial charge is 0.369 e. The monoisotopic (exact) mass is 241 g/mol. The van der Waals surface area contributed by atoms with Crippen molar-refractivity contribution < 1.29 is 0 Å². The van der Waals surface area contributed by atoms with Gasteiger partial charge < -0.3 is 4.90 Å². The fourth-order valence-electron chi connectivity index (χ4n) is 2.73. The van der Waals surface area contributed by atoms with Crippen LogP contribution in [-0.2, 0) is 0 Å². The zero-order valence-corrected chi connectivity index (χ0v) is 10.8. The predicted octanol–water partition coefficient (Wildman–Crippen LogP) is 3.10. The molecule has 2 aromatic rings. The molecule has 1 N–H and O–H groups in total. The summed E-state index contributed by atoms with van der Waals surface area (Å²) in [6.07, 6.45) is 6.35. The summed E-state index contributed by atoms with van der Waals surface area (Å²) in [5.74, 6) is 0.716. The molecular weight excluding hydrogens is 222 g/mol. The molecule has 1 aliphatic rings. The van der Waals surface area contributed by atoms with E-state index in [0.29, 0.717) is 5.92 Å². The number of benzene rings is 1. The number of aromatic nitrogens is 2. The lowest BCUT2D eigenvalue weighted by molar-refractivity contribution is 0.505. The van der Waals surface area contributed by atoms with Crippen LogP contribution in [0.3, 0.4) is 0 Å². The Hall–Kier alpha value is -1.77. The summed E-state index contributed by atoms with van der Waals surface area (Å²) in [6, 6.07) is 9.01. The average molecular weight is 241 g/mol. The molecule has 1 fully saturated rings. The van der Waals surface area contributed by atoms with Crippen LogP contribution in [0.4, 0.5) is 5.69 Å². The number of nitrogens with zero attached hydrogens (tertiary/aromatic N) is 2. The highest BCUT2D eigenvalue weighted by molar-refractivity contribution is 5.42. The van der Waals surface area contributed by atoms with Crippen molar-refractivity contribution in [1.82, 2.24) is 10.2 Å². The molecule has 0 amide bonds. The van der Waals surface area contributed by atoms with E-state index in [9.17, 15) is 0 Å². The number of H-pyrrole nitrogens is 1. The second-order valence-electron chi connectivity index (χ2n) is 5.13. The van der Waals surface area contributed by atoms with E-state index >= 15 is 0 Å². The predicted molar refractivity (Wildman–Crippen MR) is 74.0 cm³/mol. The Labute approximate surface area is 108 Å². The molecule has 1 aromatic heterocycles. The van der Waals surface area contributed by atoms with Gasteiger partial charge in [-0.2, -0.15) is 5.10 Å². The van der Waals surface area contributed by atoms with Crippen LogP contribution in [0.2, 0.25) is 0 Å². The van der Waals surface area contributed by atoms with Crippen LogP contribution in [0.5, 0.6) is 0 Å². The number of aromatic amines is 1. The highest BCUT2D eigenvalue weighted by atomic mass is 15.2. The van der Waals surface area contributed by atoms with Crippen LogP contribution >= 0.6 is 0 Å². The van der Waals surface area contributed by atoms with E-state index in [1.165, 1.54) is 29.7 Å². The number of nitrogens with one attached hydrogen (secondary N) is 1. The summed E-state index contributed by atoms with van der Waals surface area (Å²) < 4.78 is 0. The van der Waals surface area contributed by atoms with Crippen LogP contribution in [0.15, 0.2) is 36.7 Å². The standard InChI is InChI=1S/C15H19N3/c1-12-2-4-13(5-3-12)14-6-8-18(9-7-14)15-10-16-17-11-15/h2-5,10-11,14H,6-9H2,1H3,(H,16,17). The number of aryl methyl sites for hydroxylation is 1. The van der Waals surface area contributed by atoms with Gasteiger partial charge >= 0.3 is 0 Å². The molecule has 94 valence electrons. The molecule has 1 aliphatic heterocycles. The van der Waals surface area contributed by atoms with Gasteiger partial charge in [-0.15, -0.1) is 0 Å². The zero-order valence-electron chi connectivity index (χ0n) is 10.8. The second-order valence-corrected chi connectivity index (χ2v) is 5.13. The van der Waals surface area contributed by atoms with E-state index in [1.807, 2.05) is 12.4 Å². The fourth-order valence-corrected chi connectivity index (χ4v) is 2.73. The minimum atomic E-state index is 0.716. The molecule has 1 saturated heterocycles. The van der Waals surface area contributed by atoms with Crippen LogP contribution in [0.25, 0.3) is 0 Å². The van der Waals surface area contributed by atoms with Gasteiger partial charge in [0.05, 0.1) is 11.9 Å². The first kappa shape index (κ1) is 11.3. The zero-order chi connectivity index (χ0) is 12.4. The lowest BCUT2D eigenvalue weighted by atomic mass is 9.89. The smallest absolute Gasteiger partial charge is 0.0749 e. The van der Waals surface area contributed by atoms with Gasteiger partial charge in [0.15, 0.2) is 0 Å². The molecule has 3 heteroatoms. The molecule has 1 aromatic carbocycles. The molecule has 0 radical (unpaired) electrons. The quantitative estimate of drug-likeness (QED) is 0.876. The van der Waals surface area contributed by atoms with Crippen molar-refractivity contribution in [2.24, 2.45) is 0 Å². The van der Waals surface area contributed by atoms with Gasteiger partial charge in [-0.1, -0.05) is 29.8 Å². The average Bonchev–Trinajstić information content (AvgIpc) is 2.94. The van der Waals surface area contributed by atoms with Crippen LogP contribution in [0.1, 0.15) is 29.9 Å². The molecule has 3 nitrogen and oxygen atoms in total. The van der Waals surface area contributed by atoms with Gasteiger partial charge in [0.1, 0.15) is 0 Å². The van der Waals surface area contributed by atoms with Gasteiger partial charge in [0.2, 0.25) is 0 Å².